The fourth-order valence-corrected chi connectivity index (χ4v) is 3.55. The molecule has 0 radical (unpaired) electrons. The van der Waals surface area contributed by atoms with Crippen molar-refractivity contribution in [3.05, 3.63) is 0 Å². The summed E-state index contributed by atoms with van der Waals surface area (Å²) in [5.41, 5.74) is 0. The summed E-state index contributed by atoms with van der Waals surface area (Å²) >= 11 is 2.62. The van der Waals surface area contributed by atoms with E-state index in [0.717, 1.165) is 18.2 Å². The van der Waals surface area contributed by atoms with E-state index >= 15 is 0 Å². The number of rotatable bonds is 6. The minimum Gasteiger partial charge on any atom is -0.481 e. The first kappa shape index (κ1) is 14.5. The maximum Gasteiger partial charge on any atom is 0.313 e. The smallest absolute Gasteiger partial charge is 0.313 e. The number of likely N-dealkylation sites (N-methyl/N-ethyl adjacent to an activating group) is 1. The van der Waals surface area contributed by atoms with Gasteiger partial charge in [0.2, 0.25) is 5.13 Å². The van der Waals surface area contributed by atoms with Crippen molar-refractivity contribution in [3.8, 4) is 0 Å². The molecule has 0 saturated carbocycles. The summed E-state index contributed by atoms with van der Waals surface area (Å²) in [4.78, 5) is 12.8. The number of carboxylic acids is 1. The van der Waals surface area contributed by atoms with E-state index in [1.165, 1.54) is 42.4 Å². The molecule has 1 fully saturated rings. The van der Waals surface area contributed by atoms with E-state index in [-0.39, 0.29) is 5.75 Å². The van der Waals surface area contributed by atoms with Gasteiger partial charge in [-0.3, -0.25) is 4.79 Å². The van der Waals surface area contributed by atoms with Gasteiger partial charge < -0.3 is 15.3 Å². The van der Waals surface area contributed by atoms with E-state index in [1.807, 2.05) is 0 Å². The molecule has 1 atom stereocenters. The normalized spacial score (nSPS) is 20.4. The van der Waals surface area contributed by atoms with Crippen molar-refractivity contribution < 1.29 is 9.90 Å². The van der Waals surface area contributed by atoms with Crippen LogP contribution in [0.15, 0.2) is 4.34 Å². The van der Waals surface area contributed by atoms with Crippen LogP contribution in [-0.2, 0) is 4.79 Å². The summed E-state index contributed by atoms with van der Waals surface area (Å²) in [5.74, 6) is -0.807. The number of anilines is 1. The number of nitrogens with zero attached hydrogens (tertiary/aromatic N) is 3. The first-order chi connectivity index (χ1) is 9.15. The van der Waals surface area contributed by atoms with E-state index in [2.05, 4.69) is 27.5 Å². The van der Waals surface area contributed by atoms with Crippen molar-refractivity contribution in [2.75, 3.05) is 31.2 Å². The molecule has 6 nitrogen and oxygen atoms in total. The highest BCUT2D eigenvalue weighted by Gasteiger charge is 2.18. The van der Waals surface area contributed by atoms with Gasteiger partial charge in [-0.15, -0.1) is 10.2 Å². The van der Waals surface area contributed by atoms with Gasteiger partial charge in [-0.25, -0.2) is 0 Å². The summed E-state index contributed by atoms with van der Waals surface area (Å²) < 4.78 is 0.696. The Labute approximate surface area is 120 Å². The van der Waals surface area contributed by atoms with Gasteiger partial charge in [-0.1, -0.05) is 29.5 Å². The maximum atomic E-state index is 10.5. The second kappa shape index (κ2) is 7.06. The standard InChI is InChI=1S/C11H18N4O2S2/c1-15-5-3-2-4-8(15)6-12-10-13-14-11(19-10)18-7-9(16)17/h8H,2-7H2,1H3,(H,12,13)(H,16,17). The number of carbonyl (C=O) groups is 1. The summed E-state index contributed by atoms with van der Waals surface area (Å²) in [5, 5.41) is 20.7. The molecular formula is C11H18N4O2S2. The van der Waals surface area contributed by atoms with E-state index < -0.39 is 5.97 Å². The van der Waals surface area contributed by atoms with Crippen LogP contribution in [0.25, 0.3) is 0 Å². The third-order valence-corrected chi connectivity index (χ3v) is 5.14. The lowest BCUT2D eigenvalue weighted by Crippen LogP contribution is -2.40. The molecule has 19 heavy (non-hydrogen) atoms. The van der Waals surface area contributed by atoms with Gasteiger partial charge in [-0.2, -0.15) is 0 Å². The van der Waals surface area contributed by atoms with Crippen LogP contribution in [0.3, 0.4) is 0 Å². The molecule has 8 heteroatoms. The molecule has 0 aromatic carbocycles. The Hall–Kier alpha value is -0.860. The lowest BCUT2D eigenvalue weighted by atomic mass is 10.0. The number of nitrogens with one attached hydrogen (secondary N) is 1. The first-order valence-electron chi connectivity index (χ1n) is 6.27. The van der Waals surface area contributed by atoms with Crippen LogP contribution in [0, 0.1) is 0 Å². The van der Waals surface area contributed by atoms with Gasteiger partial charge in [0.1, 0.15) is 0 Å². The number of hydrogen-bond donors (Lipinski definition) is 2. The molecule has 0 aliphatic carbocycles. The number of thioether (sulfide) groups is 1. The van der Waals surface area contributed by atoms with Gasteiger partial charge in [0.15, 0.2) is 4.34 Å². The second-order valence-electron chi connectivity index (χ2n) is 4.57. The summed E-state index contributed by atoms with van der Waals surface area (Å²) in [7, 11) is 2.15. The molecule has 106 valence electrons. The zero-order valence-electron chi connectivity index (χ0n) is 10.8. The molecule has 1 aromatic heterocycles. The fourth-order valence-electron chi connectivity index (χ4n) is 2.07. The lowest BCUT2D eigenvalue weighted by Gasteiger charge is -2.32. The average Bonchev–Trinajstić information content (AvgIpc) is 2.83. The summed E-state index contributed by atoms with van der Waals surface area (Å²) in [6, 6.07) is 0.549. The fraction of sp³-hybridized carbons (Fsp3) is 0.727. The average molecular weight is 302 g/mol. The minimum absolute atomic E-state index is 0.0278. The van der Waals surface area contributed by atoms with Gasteiger partial charge in [0.05, 0.1) is 5.75 Å². The number of piperidine rings is 1. The molecule has 1 unspecified atom stereocenters. The Morgan fingerprint density at radius 2 is 2.42 bits per heavy atom. The summed E-state index contributed by atoms with van der Waals surface area (Å²) in [6.45, 7) is 2.02. The van der Waals surface area contributed by atoms with Crippen LogP contribution in [0.2, 0.25) is 0 Å². The van der Waals surface area contributed by atoms with E-state index in [1.54, 1.807) is 0 Å². The third-order valence-electron chi connectivity index (χ3n) is 3.14. The molecule has 0 bridgehead atoms. The Kier molecular flexibility index (Phi) is 5.41. The van der Waals surface area contributed by atoms with Crippen molar-refractivity contribution in [1.82, 2.24) is 15.1 Å². The lowest BCUT2D eigenvalue weighted by molar-refractivity contribution is -0.133. The third kappa shape index (κ3) is 4.63. The van der Waals surface area contributed by atoms with Crippen molar-refractivity contribution in [2.24, 2.45) is 0 Å². The Balaban J connectivity index is 1.78. The van der Waals surface area contributed by atoms with Gasteiger partial charge in [0, 0.05) is 12.6 Å². The topological polar surface area (TPSA) is 78.3 Å². The molecular weight excluding hydrogens is 284 g/mol. The van der Waals surface area contributed by atoms with Crippen LogP contribution in [0.5, 0.6) is 0 Å². The van der Waals surface area contributed by atoms with Crippen LogP contribution in [-0.4, -0.2) is 58.1 Å². The zero-order chi connectivity index (χ0) is 13.7. The number of hydrogen-bond acceptors (Lipinski definition) is 7. The van der Waals surface area contributed by atoms with Crippen molar-refractivity contribution in [1.29, 1.82) is 0 Å². The largest absolute Gasteiger partial charge is 0.481 e. The van der Waals surface area contributed by atoms with Crippen LogP contribution >= 0.6 is 23.1 Å². The number of aliphatic carboxylic acids is 1. The van der Waals surface area contributed by atoms with Crippen LogP contribution < -0.4 is 5.32 Å². The molecule has 1 aromatic rings. The quantitative estimate of drug-likeness (QED) is 0.773. The Morgan fingerprint density at radius 3 is 3.16 bits per heavy atom. The van der Waals surface area contributed by atoms with Gasteiger partial charge in [-0.05, 0) is 26.4 Å². The summed E-state index contributed by atoms with van der Waals surface area (Å²) in [6.07, 6.45) is 3.78. The van der Waals surface area contributed by atoms with Crippen molar-refractivity contribution >= 4 is 34.2 Å². The highest BCUT2D eigenvalue weighted by Crippen LogP contribution is 2.25. The number of aromatic nitrogens is 2. The molecule has 2 N–H and O–H groups in total. The zero-order valence-corrected chi connectivity index (χ0v) is 12.5. The SMILES string of the molecule is CN1CCCCC1CNc1nnc(SCC(=O)O)s1. The van der Waals surface area contributed by atoms with Crippen LogP contribution in [0.1, 0.15) is 19.3 Å². The molecule has 1 saturated heterocycles. The molecule has 0 amide bonds. The predicted molar refractivity (Wildman–Crippen MR) is 77.0 cm³/mol. The molecule has 2 rings (SSSR count). The minimum atomic E-state index is -0.835. The Morgan fingerprint density at radius 1 is 1.58 bits per heavy atom. The maximum absolute atomic E-state index is 10.5. The number of likely N-dealkylation sites (tertiary alicyclic amines) is 1. The molecule has 1 aliphatic rings. The van der Waals surface area contributed by atoms with E-state index in [9.17, 15) is 4.79 Å². The highest BCUT2D eigenvalue weighted by atomic mass is 32.2. The van der Waals surface area contributed by atoms with Crippen LogP contribution in [0.4, 0.5) is 5.13 Å². The molecule has 1 aliphatic heterocycles. The van der Waals surface area contributed by atoms with E-state index in [0.29, 0.717) is 10.4 Å². The Bertz CT molecular complexity index is 427. The highest BCUT2D eigenvalue weighted by molar-refractivity contribution is 8.01. The van der Waals surface area contributed by atoms with E-state index in [4.69, 9.17) is 5.11 Å². The molecule has 0 spiro atoms. The van der Waals surface area contributed by atoms with Crippen molar-refractivity contribution in [2.45, 2.75) is 29.6 Å². The molecule has 2 heterocycles. The predicted octanol–water partition coefficient (Wildman–Crippen LogP) is 1.61. The number of carboxylic acid groups (broad SMARTS) is 1. The first-order valence-corrected chi connectivity index (χ1v) is 8.07. The van der Waals surface area contributed by atoms with Gasteiger partial charge in [0.25, 0.3) is 0 Å². The monoisotopic (exact) mass is 302 g/mol. The van der Waals surface area contributed by atoms with Crippen molar-refractivity contribution in [3.63, 3.8) is 0 Å². The van der Waals surface area contributed by atoms with Gasteiger partial charge >= 0.3 is 5.97 Å². The second-order valence-corrected chi connectivity index (χ2v) is 6.77.